The normalized spacial score (nSPS) is 23.9. The minimum Gasteiger partial charge on any atom is -0.450 e. The molecule has 12 aromatic rings. The fourth-order valence-electron chi connectivity index (χ4n) is 16.1. The minimum atomic E-state index is -4.57. The zero-order chi connectivity index (χ0) is 105. The molecule has 6 aliphatic heterocycles. The molecule has 18 rings (SSSR count). The Kier molecular flexibility index (Phi) is 35.8. The van der Waals surface area contributed by atoms with Crippen LogP contribution in [0.5, 0.6) is 0 Å². The van der Waals surface area contributed by atoms with Crippen molar-refractivity contribution in [3.63, 3.8) is 0 Å². The van der Waals surface area contributed by atoms with Gasteiger partial charge in [-0.1, -0.05) is 118 Å². The summed E-state index contributed by atoms with van der Waals surface area (Å²) < 4.78 is 109. The van der Waals surface area contributed by atoms with Crippen molar-refractivity contribution in [2.24, 2.45) is 17.8 Å². The molecule has 10 aromatic heterocycles. The van der Waals surface area contributed by atoms with Gasteiger partial charge in [0, 0.05) is 58.9 Å². The highest BCUT2D eigenvalue weighted by Crippen LogP contribution is 2.61. The Hall–Kier alpha value is -12.4. The highest BCUT2D eigenvalue weighted by Gasteiger charge is 2.66. The number of benzene rings is 2. The summed E-state index contributed by atoms with van der Waals surface area (Å²) in [5.74, 6) is -2.81. The van der Waals surface area contributed by atoms with E-state index in [1.807, 2.05) is 75.5 Å². The van der Waals surface area contributed by atoms with Crippen LogP contribution in [0.2, 0.25) is 18.1 Å². The number of aromatic amines is 2. The Morgan fingerprint density at radius 3 is 1.49 bits per heavy atom. The molecule has 6 saturated heterocycles. The maximum Gasteiger partial charge on any atom is 0.506 e. The second kappa shape index (κ2) is 48.5. The standard InChI is InChI=1S/C43H54N11O12PSSi.C38H42N11O12PS.2C5H5N.BH3P/c1-9-43-19-60-30(38(64-43)53-21-47-26-32(45-20-46-33(26)53)49-36(56)24-14-11-10-12-15-24)31(43)65-67(61-17-13-16-44)62-18-25-28(66-69(7,8)42(4,5)6)29(63-41(58)59)39(68-25)54-22-48-27-34(54)50-40(52-37(27)57)51-35(55)23(2)3;1-5-38-15-56-26(34(60-38)48-17-42-23-28(40-16-41-29(23)48)44-32(51)21-10-7-6-8-11-21)27(38)61-62(55,57-13-9-12-39)58-14-22-20(4)25(59-37(53)54)35(63-22)49-18-43-24-30(49)45-36(47-33(24)52)46-31(50)19(2)3;2*1-2-4-6-5-3-1;1-2/h10-12,14-15,20-23,25,28-31,38-39H,9,13,17-19H2,1-8H3,(H,58,59)(H,45,46,49,56)(H2,50,51,52,55,57);6-8,10-11,16-20,22,25-27,34-35H,5,9,13-15H2,1-4H3,(H,53,54)(H,40,41,44,51)(H2,45,46,47,50,52);2*1-5H;1H,2H2/t25-,28-,29-,30-,31+,38-,39-,43+,67?;20-,22-,25-,26-,27+,34-,35-,38+,62?;;;/m11.../s1/i;;;;1T. The number of H-pyrrole nitrogens is 2. The molecule has 146 heavy (non-hydrogen) atoms. The van der Waals surface area contributed by atoms with Crippen molar-refractivity contribution in [1.82, 2.24) is 88.0 Å². The molecule has 8 N–H and O–H groups in total. The minimum absolute atomic E-state index is 0.0312. The number of aromatic nitrogens is 18. The Bertz CT molecular complexity index is 6780. The first-order valence-corrected chi connectivity index (χ1v) is 54.2. The van der Waals surface area contributed by atoms with Crippen LogP contribution < -0.4 is 32.4 Å². The summed E-state index contributed by atoms with van der Waals surface area (Å²) >= 11 is 2.46. The smallest absolute Gasteiger partial charge is 0.450 e. The number of hydrogen-bond acceptors (Lipinski definition) is 38. The molecule has 0 saturated carbocycles. The van der Waals surface area contributed by atoms with Gasteiger partial charge >= 0.3 is 28.7 Å². The highest BCUT2D eigenvalue weighted by atomic mass is 32.2. The van der Waals surface area contributed by atoms with Gasteiger partial charge in [0.2, 0.25) is 23.7 Å². The number of carbonyl (C=O) groups excluding carboxylic acids is 4. The summed E-state index contributed by atoms with van der Waals surface area (Å²) in [6.07, 6.45) is 4.64. The number of nitrogens with one attached hydrogen (secondary N) is 6. The number of imidazole rings is 4. The number of phosphoric ester groups is 1. The van der Waals surface area contributed by atoms with Gasteiger partial charge in [-0.25, -0.2) is 54.0 Å². The van der Waals surface area contributed by atoms with Crippen LogP contribution in [0.3, 0.4) is 0 Å². The van der Waals surface area contributed by atoms with Crippen LogP contribution in [0.1, 0.15) is 139 Å². The van der Waals surface area contributed by atoms with Crippen LogP contribution >= 0.6 is 49.1 Å². The van der Waals surface area contributed by atoms with E-state index in [9.17, 15) is 63.7 Å². The van der Waals surface area contributed by atoms with E-state index in [-0.39, 0.29) is 121 Å². The molecule has 48 nitrogen and oxygen atoms in total. The fraction of sp³-hybridized carbons (Fsp3) is 0.451. The Morgan fingerprint density at radius 1 is 0.603 bits per heavy atom. The quantitative estimate of drug-likeness (QED) is 0.00803. The number of nitrogens with zero attached hydrogens (tertiary/aromatic N) is 18. The molecule has 3 unspecified atom stereocenters. The van der Waals surface area contributed by atoms with Gasteiger partial charge in [-0.2, -0.15) is 29.6 Å². The van der Waals surface area contributed by atoms with E-state index >= 15 is 0 Å². The van der Waals surface area contributed by atoms with E-state index in [1.165, 1.54) is 67.3 Å². The fourth-order valence-corrected chi connectivity index (χ4v) is 23.6. The summed E-state index contributed by atoms with van der Waals surface area (Å²) in [7, 11) is -6.22. The monoisotopic (exact) mass is 2120 g/mol. The number of carbonyl (C=O) groups is 6. The van der Waals surface area contributed by atoms with Gasteiger partial charge in [-0.05, 0) is 80.8 Å². The summed E-state index contributed by atoms with van der Waals surface area (Å²) in [6, 6.07) is 32.8. The number of carboxylic acid groups (broad SMARTS) is 2. The third-order valence-electron chi connectivity index (χ3n) is 24.8. The lowest BCUT2D eigenvalue weighted by Crippen LogP contribution is -2.50. The number of anilines is 4. The number of thioether (sulfide) groups is 2. The summed E-state index contributed by atoms with van der Waals surface area (Å²) in [4.78, 5) is 158. The number of ether oxygens (including phenoxy) is 6. The second-order valence-electron chi connectivity index (χ2n) is 35.8. The van der Waals surface area contributed by atoms with E-state index in [2.05, 4.69) is 127 Å². The van der Waals surface area contributed by atoms with Crippen LogP contribution in [-0.2, 0) is 74.1 Å². The lowest BCUT2D eigenvalue weighted by molar-refractivity contribution is -0.173. The third kappa shape index (κ3) is 24.8. The predicted molar refractivity (Wildman–Crippen MR) is 540 cm³/mol. The van der Waals surface area contributed by atoms with Crippen molar-refractivity contribution in [1.29, 1.82) is 11.9 Å². The molecule has 0 aliphatic carbocycles. The van der Waals surface area contributed by atoms with Crippen LogP contribution in [-0.4, -0.2) is 255 Å². The number of fused-ring (bicyclic) bond motifs is 8. The molecule has 2 aromatic carbocycles. The van der Waals surface area contributed by atoms with Crippen LogP contribution in [0.4, 0.5) is 33.1 Å². The Labute approximate surface area is 850 Å². The van der Waals surface area contributed by atoms with Crippen molar-refractivity contribution in [3.05, 3.63) is 192 Å². The number of hydrogen-bond donors (Lipinski definition) is 8. The third-order valence-corrected chi connectivity index (χ3v) is 35.1. The maximum absolute atomic E-state index is 14.7. The van der Waals surface area contributed by atoms with E-state index in [1.54, 1.807) is 134 Å². The summed E-state index contributed by atoms with van der Waals surface area (Å²) in [6.45, 7) is 22.0. The van der Waals surface area contributed by atoms with Crippen molar-refractivity contribution in [2.75, 3.05) is 60.9 Å². The first kappa shape index (κ1) is 108. The molecule has 4 bridgehead atoms. The number of pyridine rings is 2. The van der Waals surface area contributed by atoms with E-state index < -0.39 is 165 Å². The van der Waals surface area contributed by atoms with Crippen LogP contribution in [0, 0.1) is 40.4 Å². The largest absolute Gasteiger partial charge is 0.506 e. The molecule has 16 heterocycles. The molecular weight excluding hydrogens is 2010 g/mol. The van der Waals surface area contributed by atoms with E-state index in [0.717, 1.165) is 0 Å². The van der Waals surface area contributed by atoms with Gasteiger partial charge < -0.3 is 67.3 Å². The first-order chi connectivity index (χ1) is 70.5. The SMILES string of the molecule is CC[C@@]12CO[C@@H]([C@H](n3cnc4c(NC(=O)c5ccccc5)ncnc43)O1)[C@@H]2OP(=O)(OCCC#N)OC[C@H]1S[C@@H](n2cnc3c(=O)[nH]c(NC(=O)C(C)C)nc32)[C@H](OC(=O)O)[C@@H]1C.CC[C@@]12CO[C@@H]([C@H](n3cnc4c(NC(=O)c5ccccc5)ncnc43)O1)[C@@H]2OP(OCCC#N)OC[C@H]1S[C@@H](n2cnc3c(=O)[nH]c(NC(=O)C(C)C)nc32)[C@H](OC(=O)O)[C@@H]1O[Si](C)(C)C(C)(C)C.[3H][B]P.c1ccncc1.c1ccncc1. The number of rotatable bonds is 34. The molecule has 6 aliphatic rings. The molecule has 6 fully saturated rings. The highest BCUT2D eigenvalue weighted by molar-refractivity contribution is 8.00. The van der Waals surface area contributed by atoms with Gasteiger partial charge in [0.25, 0.3) is 22.9 Å². The topological polar surface area (TPSA) is 616 Å². The lowest BCUT2D eigenvalue weighted by atomic mass is 9.96. The van der Waals surface area contributed by atoms with Crippen LogP contribution in [0.15, 0.2) is 169 Å². The molecule has 55 heteroatoms. The summed E-state index contributed by atoms with van der Waals surface area (Å²) in [5, 5.41) is 46.2. The van der Waals surface area contributed by atoms with Gasteiger partial charge in [0.1, 0.15) is 72.7 Å². The van der Waals surface area contributed by atoms with Crippen molar-refractivity contribution in [3.8, 4) is 12.1 Å². The van der Waals surface area contributed by atoms with Crippen molar-refractivity contribution in [2.45, 2.75) is 201 Å². The van der Waals surface area contributed by atoms with Crippen molar-refractivity contribution < 1.29 is 104 Å². The Balaban J connectivity index is 0.000000203. The Morgan fingerprint density at radius 2 is 1.04 bits per heavy atom. The van der Waals surface area contributed by atoms with Gasteiger partial charge in [-0.3, -0.25) is 91.2 Å². The number of amides is 4. The predicted octanol–water partition coefficient (Wildman–Crippen LogP) is 13.0. The molecule has 4 amide bonds. The number of nitriles is 2. The van der Waals surface area contributed by atoms with Gasteiger partial charge in [-0.15, -0.1) is 23.5 Å². The van der Waals surface area contributed by atoms with E-state index in [4.69, 9.17) is 61.3 Å². The van der Waals surface area contributed by atoms with Gasteiger partial charge in [0.05, 0.1) is 101 Å². The second-order valence-corrected chi connectivity index (χ2v) is 46.1. The number of phosphoric acid groups is 1. The molecule has 1 radical (unpaired) electrons. The average Bonchev–Trinajstić information content (AvgIpc) is 1.56. The average molecular weight is 2120 g/mol. The van der Waals surface area contributed by atoms with Gasteiger partial charge in [0.15, 0.2) is 83.2 Å². The lowest BCUT2D eigenvalue weighted by Gasteiger charge is -2.40. The first-order valence-electron chi connectivity index (χ1n) is 46.7. The van der Waals surface area contributed by atoms with Crippen LogP contribution in [0.25, 0.3) is 44.7 Å². The zero-order valence-corrected chi connectivity index (χ0v) is 86.7. The molecule has 771 valence electrons. The van der Waals surface area contributed by atoms with E-state index in [0.29, 0.717) is 40.8 Å². The maximum atomic E-state index is 14.7. The molecular formula is C91H109BN24O24P3S2Si. The van der Waals surface area contributed by atoms with Crippen molar-refractivity contribution >= 4 is 169 Å². The zero-order valence-electron chi connectivity index (χ0n) is 82.1. The molecule has 0 spiro atoms. The molecule has 19 atom stereocenters. The summed E-state index contributed by atoms with van der Waals surface area (Å²) in [5.41, 5.74) is -1.19.